The van der Waals surface area contributed by atoms with E-state index in [-0.39, 0.29) is 12.1 Å². The van der Waals surface area contributed by atoms with Gasteiger partial charge in [0.25, 0.3) is 0 Å². The normalized spacial score (nSPS) is 12.9. The van der Waals surface area contributed by atoms with Crippen molar-refractivity contribution in [2.45, 2.75) is 32.9 Å². The van der Waals surface area contributed by atoms with Crippen molar-refractivity contribution in [2.24, 2.45) is 0 Å². The molecule has 2 rings (SSSR count). The van der Waals surface area contributed by atoms with Crippen LogP contribution in [0.25, 0.3) is 0 Å². The first-order valence-electron chi connectivity index (χ1n) is 6.42. The molecule has 1 N–H and O–H groups in total. The highest BCUT2D eigenvalue weighted by Crippen LogP contribution is 2.33. The SMILES string of the molecule is CNC(c1ccoc1C)c1c(OC)cnn1C(C)C. The molecular formula is C14H21N3O2. The van der Waals surface area contributed by atoms with Crippen LogP contribution in [0.1, 0.15) is 42.9 Å². The van der Waals surface area contributed by atoms with Crippen LogP contribution >= 0.6 is 0 Å². The predicted octanol–water partition coefficient (Wildman–Crippen LogP) is 2.68. The molecule has 0 saturated heterocycles. The summed E-state index contributed by atoms with van der Waals surface area (Å²) < 4.78 is 12.8. The van der Waals surface area contributed by atoms with E-state index in [0.717, 1.165) is 22.8 Å². The van der Waals surface area contributed by atoms with Crippen molar-refractivity contribution in [1.29, 1.82) is 0 Å². The van der Waals surface area contributed by atoms with Gasteiger partial charge in [0.05, 0.1) is 25.6 Å². The molecule has 0 amide bonds. The minimum absolute atomic E-state index is 0.00130. The van der Waals surface area contributed by atoms with Gasteiger partial charge in [-0.05, 0) is 33.9 Å². The molecule has 0 fully saturated rings. The van der Waals surface area contributed by atoms with E-state index in [1.165, 1.54) is 0 Å². The monoisotopic (exact) mass is 263 g/mol. The zero-order chi connectivity index (χ0) is 14.0. The second-order valence-electron chi connectivity index (χ2n) is 4.79. The molecule has 0 aliphatic carbocycles. The van der Waals surface area contributed by atoms with E-state index in [1.807, 2.05) is 24.7 Å². The minimum atomic E-state index is -0.00130. The number of nitrogens with zero attached hydrogens (tertiary/aromatic N) is 2. The van der Waals surface area contributed by atoms with Gasteiger partial charge in [0, 0.05) is 11.6 Å². The smallest absolute Gasteiger partial charge is 0.161 e. The number of ether oxygens (including phenoxy) is 1. The molecule has 19 heavy (non-hydrogen) atoms. The summed E-state index contributed by atoms with van der Waals surface area (Å²) in [5, 5.41) is 7.73. The molecule has 2 aromatic rings. The van der Waals surface area contributed by atoms with Crippen molar-refractivity contribution >= 4 is 0 Å². The molecule has 1 unspecified atom stereocenters. The van der Waals surface area contributed by atoms with Crippen LogP contribution in [0.4, 0.5) is 0 Å². The predicted molar refractivity (Wildman–Crippen MR) is 73.5 cm³/mol. The maximum absolute atomic E-state index is 5.44. The Morgan fingerprint density at radius 3 is 2.63 bits per heavy atom. The first-order valence-corrected chi connectivity index (χ1v) is 6.42. The second kappa shape index (κ2) is 5.48. The zero-order valence-corrected chi connectivity index (χ0v) is 12.1. The van der Waals surface area contributed by atoms with Crippen molar-refractivity contribution in [3.8, 4) is 5.75 Å². The van der Waals surface area contributed by atoms with Gasteiger partial charge in [-0.2, -0.15) is 5.10 Å². The first-order chi connectivity index (χ1) is 9.10. The average molecular weight is 263 g/mol. The first kappa shape index (κ1) is 13.7. The van der Waals surface area contributed by atoms with Gasteiger partial charge in [-0.25, -0.2) is 0 Å². The topological polar surface area (TPSA) is 52.2 Å². The van der Waals surface area contributed by atoms with Crippen molar-refractivity contribution < 1.29 is 9.15 Å². The maximum Gasteiger partial charge on any atom is 0.161 e. The molecule has 0 bridgehead atoms. The van der Waals surface area contributed by atoms with Gasteiger partial charge in [-0.1, -0.05) is 0 Å². The van der Waals surface area contributed by atoms with Crippen molar-refractivity contribution in [3.63, 3.8) is 0 Å². The van der Waals surface area contributed by atoms with Gasteiger partial charge in [-0.3, -0.25) is 4.68 Å². The van der Waals surface area contributed by atoms with Gasteiger partial charge in [0.1, 0.15) is 11.5 Å². The van der Waals surface area contributed by atoms with Crippen LogP contribution in [-0.2, 0) is 0 Å². The lowest BCUT2D eigenvalue weighted by atomic mass is 10.0. The number of hydrogen-bond donors (Lipinski definition) is 1. The van der Waals surface area contributed by atoms with E-state index in [2.05, 4.69) is 24.3 Å². The van der Waals surface area contributed by atoms with Gasteiger partial charge >= 0.3 is 0 Å². The van der Waals surface area contributed by atoms with Crippen LogP contribution in [0, 0.1) is 6.92 Å². The third kappa shape index (κ3) is 2.38. The molecule has 0 aliphatic rings. The lowest BCUT2D eigenvalue weighted by molar-refractivity contribution is 0.395. The summed E-state index contributed by atoms with van der Waals surface area (Å²) in [6, 6.07) is 2.24. The highest BCUT2D eigenvalue weighted by Gasteiger charge is 2.25. The van der Waals surface area contributed by atoms with Crippen molar-refractivity contribution in [1.82, 2.24) is 15.1 Å². The van der Waals surface area contributed by atoms with Gasteiger partial charge in [0.15, 0.2) is 5.75 Å². The number of hydrogen-bond acceptors (Lipinski definition) is 4. The minimum Gasteiger partial charge on any atom is -0.493 e. The van der Waals surface area contributed by atoms with Crippen molar-refractivity contribution in [2.75, 3.05) is 14.2 Å². The Kier molecular flexibility index (Phi) is 3.95. The molecule has 0 radical (unpaired) electrons. The Bertz CT molecular complexity index is 543. The summed E-state index contributed by atoms with van der Waals surface area (Å²) in [5.74, 6) is 1.69. The van der Waals surface area contributed by atoms with E-state index < -0.39 is 0 Å². The van der Waals surface area contributed by atoms with Crippen LogP contribution < -0.4 is 10.1 Å². The Balaban J connectivity index is 2.54. The number of rotatable bonds is 5. The van der Waals surface area contributed by atoms with Crippen LogP contribution in [0.2, 0.25) is 0 Å². The summed E-state index contributed by atoms with van der Waals surface area (Å²) in [5.41, 5.74) is 2.12. The number of furan rings is 1. The van der Waals surface area contributed by atoms with E-state index in [1.54, 1.807) is 19.6 Å². The van der Waals surface area contributed by atoms with Crippen LogP contribution in [0.3, 0.4) is 0 Å². The van der Waals surface area contributed by atoms with E-state index in [0.29, 0.717) is 0 Å². The molecule has 5 nitrogen and oxygen atoms in total. The van der Waals surface area contributed by atoms with E-state index in [4.69, 9.17) is 9.15 Å². The van der Waals surface area contributed by atoms with Gasteiger partial charge in [-0.15, -0.1) is 0 Å². The lowest BCUT2D eigenvalue weighted by Gasteiger charge is -2.20. The number of aryl methyl sites for hydroxylation is 1. The Morgan fingerprint density at radius 2 is 2.16 bits per heavy atom. The number of methoxy groups -OCH3 is 1. The summed E-state index contributed by atoms with van der Waals surface area (Å²) >= 11 is 0. The summed E-state index contributed by atoms with van der Waals surface area (Å²) in [4.78, 5) is 0. The fraction of sp³-hybridized carbons (Fsp3) is 0.500. The largest absolute Gasteiger partial charge is 0.493 e. The molecule has 0 aliphatic heterocycles. The highest BCUT2D eigenvalue weighted by molar-refractivity contribution is 5.37. The summed E-state index contributed by atoms with van der Waals surface area (Å²) in [7, 11) is 3.59. The standard InChI is InChI=1S/C14H21N3O2/c1-9(2)17-14(12(18-5)8-16-17)13(15-4)11-6-7-19-10(11)3/h6-9,13,15H,1-5H3. The van der Waals surface area contributed by atoms with Crippen LogP contribution in [0.5, 0.6) is 5.75 Å². The highest BCUT2D eigenvalue weighted by atomic mass is 16.5. The third-order valence-corrected chi connectivity index (χ3v) is 3.28. The maximum atomic E-state index is 5.44. The molecule has 104 valence electrons. The molecule has 2 heterocycles. The van der Waals surface area contributed by atoms with Gasteiger partial charge < -0.3 is 14.5 Å². The van der Waals surface area contributed by atoms with Crippen LogP contribution in [-0.4, -0.2) is 23.9 Å². The number of aromatic nitrogens is 2. The van der Waals surface area contributed by atoms with E-state index in [9.17, 15) is 0 Å². The van der Waals surface area contributed by atoms with Crippen molar-refractivity contribution in [3.05, 3.63) is 35.5 Å². The molecule has 5 heteroatoms. The Morgan fingerprint density at radius 1 is 1.42 bits per heavy atom. The van der Waals surface area contributed by atoms with Crippen LogP contribution in [0.15, 0.2) is 22.9 Å². The third-order valence-electron chi connectivity index (χ3n) is 3.28. The zero-order valence-electron chi connectivity index (χ0n) is 12.1. The molecule has 0 spiro atoms. The molecule has 2 aromatic heterocycles. The Labute approximate surface area is 113 Å². The fourth-order valence-electron chi connectivity index (χ4n) is 2.33. The Hall–Kier alpha value is -1.75. The molecular weight excluding hydrogens is 242 g/mol. The molecule has 0 saturated carbocycles. The second-order valence-corrected chi connectivity index (χ2v) is 4.79. The van der Waals surface area contributed by atoms with Gasteiger partial charge in [0.2, 0.25) is 0 Å². The lowest BCUT2D eigenvalue weighted by Crippen LogP contribution is -2.23. The quantitative estimate of drug-likeness (QED) is 0.901. The van der Waals surface area contributed by atoms with E-state index >= 15 is 0 Å². The fourth-order valence-corrected chi connectivity index (χ4v) is 2.33. The summed E-state index contributed by atoms with van der Waals surface area (Å²) in [6.07, 6.45) is 3.46. The molecule has 1 atom stereocenters. The summed E-state index contributed by atoms with van der Waals surface area (Å²) in [6.45, 7) is 6.16. The molecule has 0 aromatic carbocycles. The average Bonchev–Trinajstić information content (AvgIpc) is 2.98. The number of nitrogens with one attached hydrogen (secondary N) is 1.